The molecule has 0 saturated heterocycles. The number of aromatic nitrogens is 2. The summed E-state index contributed by atoms with van der Waals surface area (Å²) in [5.41, 5.74) is 1.96. The molecule has 0 aliphatic rings. The van der Waals surface area contributed by atoms with Crippen LogP contribution in [0.4, 0.5) is 0 Å². The zero-order valence-corrected chi connectivity index (χ0v) is 10.6. The van der Waals surface area contributed by atoms with Gasteiger partial charge in [-0.25, -0.2) is 9.97 Å². The minimum absolute atomic E-state index is 0.824. The van der Waals surface area contributed by atoms with Crippen molar-refractivity contribution < 1.29 is 0 Å². The van der Waals surface area contributed by atoms with Crippen molar-refractivity contribution in [3.63, 3.8) is 0 Å². The quantitative estimate of drug-likeness (QED) is 0.674. The van der Waals surface area contributed by atoms with E-state index >= 15 is 0 Å². The molecule has 1 aromatic carbocycles. The van der Waals surface area contributed by atoms with Crippen LogP contribution < -0.4 is 0 Å². The van der Waals surface area contributed by atoms with E-state index in [0.29, 0.717) is 0 Å². The number of benzene rings is 1. The molecule has 0 fully saturated rings. The van der Waals surface area contributed by atoms with Gasteiger partial charge in [0, 0.05) is 16.2 Å². The van der Waals surface area contributed by atoms with Gasteiger partial charge in [-0.3, -0.25) is 0 Å². The Bertz CT molecular complexity index is 598. The molecule has 0 N–H and O–H groups in total. The van der Waals surface area contributed by atoms with Crippen molar-refractivity contribution in [1.29, 1.82) is 0 Å². The molecule has 3 aromatic rings. The van der Waals surface area contributed by atoms with Crippen LogP contribution in [0.2, 0.25) is 0 Å². The van der Waals surface area contributed by atoms with Gasteiger partial charge < -0.3 is 0 Å². The highest BCUT2D eigenvalue weighted by atomic mass is 79.9. The lowest BCUT2D eigenvalue weighted by atomic mass is 10.2. The van der Waals surface area contributed by atoms with Crippen molar-refractivity contribution in [3.05, 3.63) is 47.1 Å². The van der Waals surface area contributed by atoms with Crippen LogP contribution in [0, 0.1) is 0 Å². The Labute approximate surface area is 105 Å². The molecule has 78 valence electrons. The van der Waals surface area contributed by atoms with E-state index in [-0.39, 0.29) is 0 Å². The number of halogens is 1. The van der Waals surface area contributed by atoms with Crippen molar-refractivity contribution >= 4 is 37.6 Å². The Balaban J connectivity index is 2.15. The Morgan fingerprint density at radius 1 is 1.06 bits per heavy atom. The average molecular weight is 291 g/mol. The molecule has 2 heterocycles. The van der Waals surface area contributed by atoms with E-state index < -0.39 is 0 Å². The zero-order valence-electron chi connectivity index (χ0n) is 8.22. The zero-order chi connectivity index (χ0) is 11.0. The number of hydrogen-bond donors (Lipinski definition) is 0. The smallest absolute Gasteiger partial charge is 0.170 e. The van der Waals surface area contributed by atoms with Crippen LogP contribution in [0.5, 0.6) is 0 Å². The van der Waals surface area contributed by atoms with E-state index in [0.717, 1.165) is 25.4 Å². The van der Waals surface area contributed by atoms with Gasteiger partial charge >= 0.3 is 0 Å². The summed E-state index contributed by atoms with van der Waals surface area (Å²) in [6.07, 6.45) is 1.77. The normalized spacial score (nSPS) is 10.8. The molecular weight excluding hydrogens is 284 g/mol. The summed E-state index contributed by atoms with van der Waals surface area (Å²) in [4.78, 5) is 8.74. The molecule has 0 atom stereocenters. The van der Waals surface area contributed by atoms with E-state index in [1.54, 1.807) is 17.5 Å². The van der Waals surface area contributed by atoms with E-state index in [1.165, 1.54) is 0 Å². The summed E-state index contributed by atoms with van der Waals surface area (Å²) >= 11 is 5.09. The first-order chi connectivity index (χ1) is 7.83. The van der Waals surface area contributed by atoms with Crippen molar-refractivity contribution in [2.75, 3.05) is 0 Å². The van der Waals surface area contributed by atoms with Gasteiger partial charge in [-0.1, -0.05) is 28.1 Å². The summed E-state index contributed by atoms with van der Waals surface area (Å²) in [6, 6.07) is 12.1. The van der Waals surface area contributed by atoms with Gasteiger partial charge in [0.2, 0.25) is 0 Å². The van der Waals surface area contributed by atoms with Crippen molar-refractivity contribution in [1.82, 2.24) is 9.97 Å². The van der Waals surface area contributed by atoms with Crippen LogP contribution in [0.3, 0.4) is 0 Å². The molecule has 2 aromatic heterocycles. The first-order valence-electron chi connectivity index (χ1n) is 4.80. The van der Waals surface area contributed by atoms with Gasteiger partial charge in [-0.15, -0.1) is 11.3 Å². The predicted octanol–water partition coefficient (Wildman–Crippen LogP) is 4.12. The second kappa shape index (κ2) is 3.96. The second-order valence-electron chi connectivity index (χ2n) is 3.35. The molecule has 0 amide bonds. The summed E-state index contributed by atoms with van der Waals surface area (Å²) in [5.74, 6) is 0. The monoisotopic (exact) mass is 290 g/mol. The number of fused-ring (bicyclic) bond motifs is 1. The van der Waals surface area contributed by atoms with Gasteiger partial charge in [-0.2, -0.15) is 0 Å². The third-order valence-electron chi connectivity index (χ3n) is 2.26. The largest absolute Gasteiger partial charge is 0.236 e. The van der Waals surface area contributed by atoms with Crippen LogP contribution in [0.25, 0.3) is 20.9 Å². The first kappa shape index (κ1) is 9.93. The minimum Gasteiger partial charge on any atom is -0.236 e. The molecule has 0 bridgehead atoms. The Hall–Kier alpha value is -1.26. The highest BCUT2D eigenvalue weighted by Gasteiger charge is 2.05. The fourth-order valence-electron chi connectivity index (χ4n) is 1.48. The summed E-state index contributed by atoms with van der Waals surface area (Å²) in [7, 11) is 0. The van der Waals surface area contributed by atoms with Crippen molar-refractivity contribution in [2.45, 2.75) is 0 Å². The molecule has 0 saturated carbocycles. The van der Waals surface area contributed by atoms with Gasteiger partial charge in [0.15, 0.2) is 5.65 Å². The summed E-state index contributed by atoms with van der Waals surface area (Å²) in [5, 5.41) is 1.02. The highest BCUT2D eigenvalue weighted by molar-refractivity contribution is 9.10. The van der Waals surface area contributed by atoms with Gasteiger partial charge in [0.25, 0.3) is 0 Å². The SMILES string of the molecule is Brc1ccc(-c2nc3ncccc3s2)cc1. The minimum atomic E-state index is 0.824. The molecule has 4 heteroatoms. The van der Waals surface area contributed by atoms with Gasteiger partial charge in [0.05, 0.1) is 4.70 Å². The van der Waals surface area contributed by atoms with E-state index in [2.05, 4.69) is 38.0 Å². The molecule has 0 aliphatic carbocycles. The molecule has 0 spiro atoms. The third-order valence-corrected chi connectivity index (χ3v) is 3.84. The lowest BCUT2D eigenvalue weighted by Crippen LogP contribution is -1.76. The summed E-state index contributed by atoms with van der Waals surface area (Å²) in [6.45, 7) is 0. The molecular formula is C12H7BrN2S. The number of hydrogen-bond acceptors (Lipinski definition) is 3. The van der Waals surface area contributed by atoms with Crippen LogP contribution in [-0.2, 0) is 0 Å². The predicted molar refractivity (Wildman–Crippen MR) is 70.6 cm³/mol. The Morgan fingerprint density at radius 2 is 1.88 bits per heavy atom. The first-order valence-corrected chi connectivity index (χ1v) is 6.41. The van der Waals surface area contributed by atoms with Crippen LogP contribution in [-0.4, -0.2) is 9.97 Å². The molecule has 0 unspecified atom stereocenters. The Kier molecular flexibility index (Phi) is 2.46. The standard InChI is InChI=1S/C12H7BrN2S/c13-9-5-3-8(4-6-9)12-15-11-10(16-12)2-1-7-14-11/h1-7H. The lowest BCUT2D eigenvalue weighted by molar-refractivity contribution is 1.33. The van der Waals surface area contributed by atoms with Crippen LogP contribution in [0.1, 0.15) is 0 Å². The molecule has 2 nitrogen and oxygen atoms in total. The maximum atomic E-state index is 4.50. The van der Waals surface area contributed by atoms with Gasteiger partial charge in [0.1, 0.15) is 5.01 Å². The molecule has 0 aliphatic heterocycles. The molecule has 16 heavy (non-hydrogen) atoms. The van der Waals surface area contributed by atoms with E-state index in [1.807, 2.05) is 24.3 Å². The Morgan fingerprint density at radius 3 is 2.62 bits per heavy atom. The van der Waals surface area contributed by atoms with Crippen molar-refractivity contribution in [2.24, 2.45) is 0 Å². The van der Waals surface area contributed by atoms with E-state index in [4.69, 9.17) is 0 Å². The molecule has 0 radical (unpaired) electrons. The maximum Gasteiger partial charge on any atom is 0.170 e. The number of thiazole rings is 1. The fourth-order valence-corrected chi connectivity index (χ4v) is 2.68. The van der Waals surface area contributed by atoms with Crippen molar-refractivity contribution in [3.8, 4) is 10.6 Å². The summed E-state index contributed by atoms with van der Waals surface area (Å²) < 4.78 is 2.20. The third kappa shape index (κ3) is 1.74. The van der Waals surface area contributed by atoms with Crippen LogP contribution in [0.15, 0.2) is 47.1 Å². The highest BCUT2D eigenvalue weighted by Crippen LogP contribution is 2.29. The average Bonchev–Trinajstić information content (AvgIpc) is 2.73. The van der Waals surface area contributed by atoms with Crippen LogP contribution >= 0.6 is 27.3 Å². The number of rotatable bonds is 1. The van der Waals surface area contributed by atoms with Gasteiger partial charge in [-0.05, 0) is 24.3 Å². The fraction of sp³-hybridized carbons (Fsp3) is 0. The second-order valence-corrected chi connectivity index (χ2v) is 5.30. The number of pyridine rings is 1. The topological polar surface area (TPSA) is 25.8 Å². The number of nitrogens with zero attached hydrogens (tertiary/aromatic N) is 2. The van der Waals surface area contributed by atoms with E-state index in [9.17, 15) is 0 Å². The maximum absolute atomic E-state index is 4.50. The lowest BCUT2D eigenvalue weighted by Gasteiger charge is -1.94. The molecule has 3 rings (SSSR count).